The second-order valence-electron chi connectivity index (χ2n) is 5.77. The molecule has 132 valence electrons. The van der Waals surface area contributed by atoms with Crippen LogP contribution in [0.1, 0.15) is 11.1 Å². The van der Waals surface area contributed by atoms with Gasteiger partial charge in [-0.1, -0.05) is 36.4 Å². The normalized spacial score (nSPS) is 11.6. The van der Waals surface area contributed by atoms with Crippen molar-refractivity contribution >= 4 is 12.3 Å². The minimum atomic E-state index is -0.977. The molecule has 0 aliphatic carbocycles. The van der Waals surface area contributed by atoms with Crippen molar-refractivity contribution in [3.63, 3.8) is 0 Å². The fourth-order valence-corrected chi connectivity index (χ4v) is 2.48. The predicted octanol–water partition coefficient (Wildman–Crippen LogP) is 2.32. The maximum atomic E-state index is 13.3. The number of nitrogens with one attached hydrogen (secondary N) is 1. The highest BCUT2D eigenvalue weighted by Gasteiger charge is 2.23. The van der Waals surface area contributed by atoms with Crippen LogP contribution in [0.5, 0.6) is 0 Å². The van der Waals surface area contributed by atoms with Crippen LogP contribution >= 0.6 is 0 Å². The van der Waals surface area contributed by atoms with Crippen molar-refractivity contribution in [1.82, 2.24) is 10.2 Å². The lowest BCUT2D eigenvalue weighted by Crippen LogP contribution is -2.46. The summed E-state index contributed by atoms with van der Waals surface area (Å²) in [5.41, 5.74) is 1.53. The lowest BCUT2D eigenvalue weighted by Gasteiger charge is -2.24. The minimum absolute atomic E-state index is 0.101. The van der Waals surface area contributed by atoms with Gasteiger partial charge < -0.3 is 10.2 Å². The first-order valence-corrected chi connectivity index (χ1v) is 7.94. The van der Waals surface area contributed by atoms with Crippen molar-refractivity contribution in [1.29, 1.82) is 0 Å². The smallest absolute Gasteiger partial charge is 0.243 e. The van der Waals surface area contributed by atoms with E-state index >= 15 is 0 Å². The van der Waals surface area contributed by atoms with E-state index in [1.165, 1.54) is 18.0 Å². The van der Waals surface area contributed by atoms with Gasteiger partial charge in [-0.25, -0.2) is 8.78 Å². The highest BCUT2D eigenvalue weighted by Crippen LogP contribution is 2.12. The lowest BCUT2D eigenvalue weighted by atomic mass is 10.0. The molecule has 6 heteroatoms. The molecule has 0 spiro atoms. The summed E-state index contributed by atoms with van der Waals surface area (Å²) in [4.78, 5) is 24.7. The quantitative estimate of drug-likeness (QED) is 0.746. The van der Waals surface area contributed by atoms with Crippen LogP contribution in [0.4, 0.5) is 8.78 Å². The number of carbonyl (C=O) groups is 2. The zero-order valence-electron chi connectivity index (χ0n) is 13.9. The van der Waals surface area contributed by atoms with Gasteiger partial charge in [0, 0.05) is 20.0 Å². The van der Waals surface area contributed by atoms with Gasteiger partial charge in [0.2, 0.25) is 12.3 Å². The molecule has 1 unspecified atom stereocenters. The van der Waals surface area contributed by atoms with Gasteiger partial charge in [-0.05, 0) is 29.7 Å². The van der Waals surface area contributed by atoms with E-state index in [0.717, 1.165) is 17.7 Å². The van der Waals surface area contributed by atoms with Crippen LogP contribution < -0.4 is 5.32 Å². The molecule has 1 atom stereocenters. The van der Waals surface area contributed by atoms with Gasteiger partial charge >= 0.3 is 0 Å². The molecule has 2 aromatic carbocycles. The number of nitrogens with zero attached hydrogens (tertiary/aromatic N) is 1. The summed E-state index contributed by atoms with van der Waals surface area (Å²) >= 11 is 0. The summed E-state index contributed by atoms with van der Waals surface area (Å²) in [6.45, 7) is 0.420. The third kappa shape index (κ3) is 5.38. The molecule has 25 heavy (non-hydrogen) atoms. The average Bonchev–Trinajstić information content (AvgIpc) is 2.62. The summed E-state index contributed by atoms with van der Waals surface area (Å²) in [5.74, 6) is -2.26. The average molecular weight is 346 g/mol. The zero-order valence-corrected chi connectivity index (χ0v) is 13.9. The van der Waals surface area contributed by atoms with Crippen LogP contribution in [0.15, 0.2) is 48.5 Å². The van der Waals surface area contributed by atoms with Crippen molar-refractivity contribution in [2.45, 2.75) is 18.9 Å². The minimum Gasteiger partial charge on any atom is -0.354 e. The van der Waals surface area contributed by atoms with Gasteiger partial charge in [0.15, 0.2) is 11.6 Å². The summed E-state index contributed by atoms with van der Waals surface area (Å²) in [6, 6.07) is 12.3. The molecule has 2 amide bonds. The molecule has 0 radical (unpaired) electrons. The van der Waals surface area contributed by atoms with E-state index in [1.807, 2.05) is 30.3 Å². The highest BCUT2D eigenvalue weighted by atomic mass is 19.2. The van der Waals surface area contributed by atoms with Crippen molar-refractivity contribution in [3.05, 3.63) is 71.3 Å². The Hall–Kier alpha value is -2.76. The van der Waals surface area contributed by atoms with Gasteiger partial charge in [0.05, 0.1) is 0 Å². The summed E-state index contributed by atoms with van der Waals surface area (Å²) in [6.07, 6.45) is 1.31. The first-order valence-electron chi connectivity index (χ1n) is 7.94. The first-order chi connectivity index (χ1) is 12.0. The van der Waals surface area contributed by atoms with Crippen LogP contribution in [-0.4, -0.2) is 36.9 Å². The number of benzene rings is 2. The van der Waals surface area contributed by atoms with Crippen LogP contribution in [0.2, 0.25) is 0 Å². The van der Waals surface area contributed by atoms with Gasteiger partial charge in [-0.3, -0.25) is 9.59 Å². The first kappa shape index (κ1) is 18.6. The summed E-state index contributed by atoms with van der Waals surface area (Å²) in [5, 5.41) is 2.79. The van der Waals surface area contributed by atoms with E-state index < -0.39 is 17.7 Å². The monoisotopic (exact) mass is 346 g/mol. The summed E-state index contributed by atoms with van der Waals surface area (Å²) < 4.78 is 26.4. The molecule has 1 N–H and O–H groups in total. The van der Waals surface area contributed by atoms with Gasteiger partial charge in [0.1, 0.15) is 6.04 Å². The van der Waals surface area contributed by atoms with Gasteiger partial charge in [-0.15, -0.1) is 0 Å². The van der Waals surface area contributed by atoms with Crippen molar-refractivity contribution in [3.8, 4) is 0 Å². The van der Waals surface area contributed by atoms with E-state index in [2.05, 4.69) is 5.32 Å². The fourth-order valence-electron chi connectivity index (χ4n) is 2.48. The molecule has 0 fully saturated rings. The Bertz CT molecular complexity index is 723. The van der Waals surface area contributed by atoms with Crippen LogP contribution in [0.3, 0.4) is 0 Å². The molecule has 2 aromatic rings. The number of halogens is 2. The Labute approximate surface area is 145 Å². The number of rotatable bonds is 8. The number of hydrogen-bond acceptors (Lipinski definition) is 2. The predicted molar refractivity (Wildman–Crippen MR) is 90.8 cm³/mol. The lowest BCUT2D eigenvalue weighted by molar-refractivity contribution is -0.131. The Morgan fingerprint density at radius 1 is 1.12 bits per heavy atom. The maximum Gasteiger partial charge on any atom is 0.243 e. The van der Waals surface area contributed by atoms with E-state index in [0.29, 0.717) is 24.9 Å². The molecule has 0 aliphatic rings. The number of hydrogen-bond donors (Lipinski definition) is 1. The highest BCUT2D eigenvalue weighted by molar-refractivity contribution is 5.83. The molecule has 0 bridgehead atoms. The number of amides is 2. The topological polar surface area (TPSA) is 49.4 Å². The Morgan fingerprint density at radius 3 is 2.48 bits per heavy atom. The van der Waals surface area contributed by atoms with Gasteiger partial charge in [0.25, 0.3) is 0 Å². The summed E-state index contributed by atoms with van der Waals surface area (Å²) in [7, 11) is 1.48. The molecule has 0 saturated heterocycles. The van der Waals surface area contributed by atoms with Crippen molar-refractivity contribution < 1.29 is 18.4 Å². The standard InChI is InChI=1S/C19H20F2N2O2/c1-23(13-24)18(12-15-7-8-16(20)17(21)11-15)19(25)22-10-9-14-5-3-2-4-6-14/h2-8,11,13,18H,9-10,12H2,1H3,(H,22,25). The molecule has 0 aromatic heterocycles. The third-order valence-electron chi connectivity index (χ3n) is 3.93. The molecule has 2 rings (SSSR count). The molecular weight excluding hydrogens is 326 g/mol. The fraction of sp³-hybridized carbons (Fsp3) is 0.263. The van der Waals surface area contributed by atoms with E-state index in [-0.39, 0.29) is 12.3 Å². The second-order valence-corrected chi connectivity index (χ2v) is 5.77. The number of carbonyl (C=O) groups excluding carboxylic acids is 2. The zero-order chi connectivity index (χ0) is 18.2. The van der Waals surface area contributed by atoms with E-state index in [4.69, 9.17) is 0 Å². The second kappa shape index (κ2) is 8.92. The van der Waals surface area contributed by atoms with Crippen LogP contribution in [-0.2, 0) is 22.4 Å². The van der Waals surface area contributed by atoms with Gasteiger partial charge in [-0.2, -0.15) is 0 Å². The van der Waals surface area contributed by atoms with Crippen molar-refractivity contribution in [2.24, 2.45) is 0 Å². The third-order valence-corrected chi connectivity index (χ3v) is 3.93. The maximum absolute atomic E-state index is 13.3. The number of likely N-dealkylation sites (N-methyl/N-ethyl adjacent to an activating group) is 1. The molecule has 0 heterocycles. The van der Waals surface area contributed by atoms with Crippen LogP contribution in [0, 0.1) is 11.6 Å². The Kier molecular flexibility index (Phi) is 6.62. The molecular formula is C19H20F2N2O2. The molecule has 0 saturated carbocycles. The van der Waals surface area contributed by atoms with Crippen LogP contribution in [0.25, 0.3) is 0 Å². The Balaban J connectivity index is 1.99. The Morgan fingerprint density at radius 2 is 1.84 bits per heavy atom. The largest absolute Gasteiger partial charge is 0.354 e. The van der Waals surface area contributed by atoms with E-state index in [9.17, 15) is 18.4 Å². The SMILES string of the molecule is CN(C=O)C(Cc1ccc(F)c(F)c1)C(=O)NCCc1ccccc1. The molecule has 0 aliphatic heterocycles. The molecule has 4 nitrogen and oxygen atoms in total. The van der Waals surface area contributed by atoms with E-state index in [1.54, 1.807) is 0 Å². The van der Waals surface area contributed by atoms with Crippen molar-refractivity contribution in [2.75, 3.05) is 13.6 Å².